The molecule has 5 heteroatoms. The van der Waals surface area contributed by atoms with E-state index in [1.165, 1.54) is 5.69 Å². The van der Waals surface area contributed by atoms with Gasteiger partial charge in [-0.1, -0.05) is 36.4 Å². The fraction of sp³-hybridized carbons (Fsp3) is 0.200. The highest BCUT2D eigenvalue weighted by Gasteiger charge is 2.25. The molecule has 0 aliphatic carbocycles. The third kappa shape index (κ3) is 3.37. The van der Waals surface area contributed by atoms with Crippen molar-refractivity contribution in [2.45, 2.75) is 12.5 Å². The number of fused-ring (bicyclic) bond motifs is 1. The van der Waals surface area contributed by atoms with Gasteiger partial charge in [-0.25, -0.2) is 4.98 Å². The SMILES string of the molecule is O=C(NC1CCN(c2ccccc2Br)C1)c1ccc2ccccc2n1. The van der Waals surface area contributed by atoms with E-state index in [2.05, 4.69) is 37.2 Å². The van der Waals surface area contributed by atoms with Crippen molar-refractivity contribution in [2.75, 3.05) is 18.0 Å². The Balaban J connectivity index is 1.45. The molecule has 1 atom stereocenters. The molecule has 3 aromatic rings. The molecule has 4 rings (SSSR count). The van der Waals surface area contributed by atoms with Crippen LogP contribution in [0.1, 0.15) is 16.9 Å². The van der Waals surface area contributed by atoms with Crippen LogP contribution >= 0.6 is 15.9 Å². The molecule has 2 heterocycles. The molecule has 1 amide bonds. The predicted octanol–water partition coefficient (Wildman–Crippen LogP) is 4.01. The Morgan fingerprint density at radius 1 is 1.08 bits per heavy atom. The standard InChI is InChI=1S/C20H18BrN3O/c21-16-6-2-4-8-19(16)24-12-11-15(13-24)22-20(25)18-10-9-14-5-1-3-7-17(14)23-18/h1-10,15H,11-13H2,(H,22,25). The summed E-state index contributed by atoms with van der Waals surface area (Å²) in [6.45, 7) is 1.74. The first-order valence-corrected chi connectivity index (χ1v) is 9.16. The molecule has 126 valence electrons. The molecule has 1 aliphatic heterocycles. The summed E-state index contributed by atoms with van der Waals surface area (Å²) in [5, 5.41) is 4.16. The zero-order valence-corrected chi connectivity index (χ0v) is 15.2. The Bertz CT molecular complexity index is 927. The summed E-state index contributed by atoms with van der Waals surface area (Å²) in [5.41, 5.74) is 2.48. The van der Waals surface area contributed by atoms with Crippen molar-refractivity contribution < 1.29 is 4.79 Å². The van der Waals surface area contributed by atoms with Gasteiger partial charge >= 0.3 is 0 Å². The van der Waals surface area contributed by atoms with Gasteiger partial charge in [0.05, 0.1) is 11.2 Å². The van der Waals surface area contributed by atoms with Crippen molar-refractivity contribution >= 4 is 38.4 Å². The van der Waals surface area contributed by atoms with Gasteiger partial charge in [-0.2, -0.15) is 0 Å². The number of nitrogens with one attached hydrogen (secondary N) is 1. The minimum absolute atomic E-state index is 0.107. The van der Waals surface area contributed by atoms with E-state index >= 15 is 0 Å². The van der Waals surface area contributed by atoms with E-state index in [1.54, 1.807) is 6.07 Å². The second-order valence-corrected chi connectivity index (χ2v) is 7.10. The second kappa shape index (κ2) is 6.84. The fourth-order valence-corrected chi connectivity index (χ4v) is 3.79. The number of para-hydroxylation sites is 2. The van der Waals surface area contributed by atoms with Crippen molar-refractivity contribution in [3.05, 3.63) is 70.8 Å². The average Bonchev–Trinajstić information content (AvgIpc) is 3.10. The number of nitrogens with zero attached hydrogens (tertiary/aromatic N) is 2. The number of carbonyl (C=O) groups is 1. The number of hydrogen-bond acceptors (Lipinski definition) is 3. The topological polar surface area (TPSA) is 45.2 Å². The zero-order valence-electron chi connectivity index (χ0n) is 13.7. The smallest absolute Gasteiger partial charge is 0.270 e. The Kier molecular flexibility index (Phi) is 4.40. The average molecular weight is 396 g/mol. The largest absolute Gasteiger partial charge is 0.368 e. The van der Waals surface area contributed by atoms with Crippen LogP contribution in [-0.4, -0.2) is 30.0 Å². The number of halogens is 1. The molecule has 1 saturated heterocycles. The lowest BCUT2D eigenvalue weighted by molar-refractivity contribution is 0.0935. The number of benzene rings is 2. The lowest BCUT2D eigenvalue weighted by atomic mass is 10.2. The molecule has 1 aromatic heterocycles. The molecule has 0 bridgehead atoms. The predicted molar refractivity (Wildman–Crippen MR) is 104 cm³/mol. The number of carbonyl (C=O) groups excluding carboxylic acids is 1. The highest BCUT2D eigenvalue weighted by atomic mass is 79.9. The van der Waals surface area contributed by atoms with Crippen molar-refractivity contribution in [1.82, 2.24) is 10.3 Å². The Hall–Kier alpha value is -2.40. The number of rotatable bonds is 3. The number of anilines is 1. The number of amides is 1. The van der Waals surface area contributed by atoms with Gasteiger partial charge in [0.2, 0.25) is 0 Å². The quantitative estimate of drug-likeness (QED) is 0.728. The summed E-state index contributed by atoms with van der Waals surface area (Å²) in [6, 6.07) is 19.9. The Morgan fingerprint density at radius 3 is 2.76 bits per heavy atom. The maximum absolute atomic E-state index is 12.6. The third-order valence-corrected chi connectivity index (χ3v) is 5.22. The summed E-state index contributed by atoms with van der Waals surface area (Å²) in [4.78, 5) is 19.3. The van der Waals surface area contributed by atoms with Crippen LogP contribution in [0.3, 0.4) is 0 Å². The van der Waals surface area contributed by atoms with Crippen LogP contribution in [0.4, 0.5) is 5.69 Å². The first-order valence-electron chi connectivity index (χ1n) is 8.37. The summed E-state index contributed by atoms with van der Waals surface area (Å²) in [7, 11) is 0. The molecule has 0 radical (unpaired) electrons. The number of pyridine rings is 1. The van der Waals surface area contributed by atoms with Crippen LogP contribution in [0.15, 0.2) is 65.1 Å². The van der Waals surface area contributed by atoms with E-state index in [9.17, 15) is 4.79 Å². The number of hydrogen-bond donors (Lipinski definition) is 1. The van der Waals surface area contributed by atoms with E-state index in [0.717, 1.165) is 34.9 Å². The van der Waals surface area contributed by atoms with Crippen molar-refractivity contribution in [3.8, 4) is 0 Å². The Morgan fingerprint density at radius 2 is 1.88 bits per heavy atom. The van der Waals surface area contributed by atoms with Crippen LogP contribution in [0.25, 0.3) is 10.9 Å². The number of aromatic nitrogens is 1. The molecule has 0 saturated carbocycles. The van der Waals surface area contributed by atoms with Crippen molar-refractivity contribution in [1.29, 1.82) is 0 Å². The molecule has 25 heavy (non-hydrogen) atoms. The van der Waals surface area contributed by atoms with E-state index in [1.807, 2.05) is 48.5 Å². The van der Waals surface area contributed by atoms with E-state index in [-0.39, 0.29) is 11.9 Å². The molecule has 2 aromatic carbocycles. The van der Waals surface area contributed by atoms with Crippen molar-refractivity contribution in [3.63, 3.8) is 0 Å². The first-order chi connectivity index (χ1) is 12.2. The van der Waals surface area contributed by atoms with Gasteiger partial charge in [-0.3, -0.25) is 4.79 Å². The highest BCUT2D eigenvalue weighted by molar-refractivity contribution is 9.10. The highest BCUT2D eigenvalue weighted by Crippen LogP contribution is 2.28. The summed E-state index contributed by atoms with van der Waals surface area (Å²) < 4.78 is 1.08. The minimum Gasteiger partial charge on any atom is -0.368 e. The van der Waals surface area contributed by atoms with Crippen LogP contribution in [0.2, 0.25) is 0 Å². The van der Waals surface area contributed by atoms with E-state index in [4.69, 9.17) is 0 Å². The molecule has 1 N–H and O–H groups in total. The molecule has 4 nitrogen and oxygen atoms in total. The second-order valence-electron chi connectivity index (χ2n) is 6.25. The van der Waals surface area contributed by atoms with Gasteiger partial charge in [-0.15, -0.1) is 0 Å². The monoisotopic (exact) mass is 395 g/mol. The van der Waals surface area contributed by atoms with Crippen molar-refractivity contribution in [2.24, 2.45) is 0 Å². The zero-order chi connectivity index (χ0) is 17.2. The third-order valence-electron chi connectivity index (χ3n) is 4.55. The normalized spacial score (nSPS) is 17.0. The summed E-state index contributed by atoms with van der Waals surface area (Å²) in [5.74, 6) is -0.107. The first kappa shape index (κ1) is 16.1. The van der Waals surface area contributed by atoms with Crippen LogP contribution < -0.4 is 10.2 Å². The molecular formula is C20H18BrN3O. The maximum atomic E-state index is 12.6. The summed E-state index contributed by atoms with van der Waals surface area (Å²) in [6.07, 6.45) is 0.931. The van der Waals surface area contributed by atoms with Crippen LogP contribution in [0, 0.1) is 0 Å². The van der Waals surface area contributed by atoms with Gasteiger partial charge < -0.3 is 10.2 Å². The van der Waals surface area contributed by atoms with Gasteiger partial charge in [0.15, 0.2) is 0 Å². The molecule has 0 spiro atoms. The fourth-order valence-electron chi connectivity index (χ4n) is 3.26. The summed E-state index contributed by atoms with van der Waals surface area (Å²) >= 11 is 3.60. The maximum Gasteiger partial charge on any atom is 0.270 e. The minimum atomic E-state index is -0.107. The Labute approximate surface area is 155 Å². The molecule has 1 fully saturated rings. The lowest BCUT2D eigenvalue weighted by Crippen LogP contribution is -2.37. The van der Waals surface area contributed by atoms with Gasteiger partial charge in [0.1, 0.15) is 5.69 Å². The molecule has 1 unspecified atom stereocenters. The van der Waals surface area contributed by atoms with Crippen LogP contribution in [0.5, 0.6) is 0 Å². The van der Waals surface area contributed by atoms with Crippen LogP contribution in [-0.2, 0) is 0 Å². The lowest BCUT2D eigenvalue weighted by Gasteiger charge is -2.20. The molecule has 1 aliphatic rings. The van der Waals surface area contributed by atoms with Gasteiger partial charge in [0, 0.05) is 29.0 Å². The van der Waals surface area contributed by atoms with E-state index < -0.39 is 0 Å². The molecular weight excluding hydrogens is 378 g/mol. The van der Waals surface area contributed by atoms with Gasteiger partial charge in [0.25, 0.3) is 5.91 Å². The van der Waals surface area contributed by atoms with Gasteiger partial charge in [-0.05, 0) is 46.6 Å². The van der Waals surface area contributed by atoms with E-state index in [0.29, 0.717) is 5.69 Å².